The molecule has 0 fully saturated rings. The summed E-state index contributed by atoms with van der Waals surface area (Å²) in [4.78, 5) is 22.6. The fraction of sp³-hybridized carbons (Fsp3) is 0.0667. The summed E-state index contributed by atoms with van der Waals surface area (Å²) in [5, 5.41) is 0. The van der Waals surface area contributed by atoms with Gasteiger partial charge in [-0.1, -0.05) is 18.2 Å². The number of ether oxygens (including phenoxy) is 1. The van der Waals surface area contributed by atoms with Gasteiger partial charge in [0.1, 0.15) is 5.75 Å². The highest BCUT2D eigenvalue weighted by atomic mass is 16.5. The Labute approximate surface area is 116 Å². The van der Waals surface area contributed by atoms with Crippen molar-refractivity contribution in [3.8, 4) is 5.75 Å². The Morgan fingerprint density at radius 2 is 1.60 bits per heavy atom. The summed E-state index contributed by atoms with van der Waals surface area (Å²) in [5.41, 5.74) is 6.64. The molecule has 102 valence electrons. The molecule has 2 rings (SSSR count). The molecule has 2 aromatic carbocycles. The molecule has 0 spiro atoms. The fourth-order valence-electron chi connectivity index (χ4n) is 1.56. The van der Waals surface area contributed by atoms with Crippen LogP contribution in [0.15, 0.2) is 54.6 Å². The van der Waals surface area contributed by atoms with Crippen LogP contribution in [0.3, 0.4) is 0 Å². The number of esters is 1. The highest BCUT2D eigenvalue weighted by molar-refractivity contribution is 5.95. The lowest BCUT2D eigenvalue weighted by atomic mass is 10.2. The van der Waals surface area contributed by atoms with Gasteiger partial charge in [-0.05, 0) is 36.4 Å². The van der Waals surface area contributed by atoms with Gasteiger partial charge in [-0.3, -0.25) is 20.4 Å². The van der Waals surface area contributed by atoms with Crippen LogP contribution in [-0.2, 0) is 4.79 Å². The van der Waals surface area contributed by atoms with Gasteiger partial charge in [-0.2, -0.15) is 0 Å². The largest absolute Gasteiger partial charge is 0.427 e. The number of amides is 1. The number of anilines is 1. The normalized spacial score (nSPS) is 9.65. The van der Waals surface area contributed by atoms with Crippen LogP contribution in [0.2, 0.25) is 0 Å². The van der Waals surface area contributed by atoms with Crippen LogP contribution in [0.25, 0.3) is 0 Å². The average molecular weight is 270 g/mol. The first-order valence-corrected chi connectivity index (χ1v) is 6.05. The van der Waals surface area contributed by atoms with Crippen molar-refractivity contribution >= 4 is 17.6 Å². The summed E-state index contributed by atoms with van der Waals surface area (Å²) in [7, 11) is 0. The molecule has 5 heteroatoms. The van der Waals surface area contributed by atoms with Gasteiger partial charge in [0.05, 0.1) is 5.69 Å². The van der Waals surface area contributed by atoms with E-state index in [1.165, 1.54) is 6.92 Å². The molecule has 0 heterocycles. The number of nitrogens with one attached hydrogen (secondary N) is 2. The second-order valence-electron chi connectivity index (χ2n) is 4.06. The fourth-order valence-corrected chi connectivity index (χ4v) is 1.56. The number of hydrazine groups is 1. The lowest BCUT2D eigenvalue weighted by molar-refractivity contribution is -0.131. The average Bonchev–Trinajstić information content (AvgIpc) is 2.46. The number of hydrogen-bond acceptors (Lipinski definition) is 4. The molecule has 1 amide bonds. The standard InChI is InChI=1S/C15H14N2O3/c1-11(18)20-14-9-7-12(8-10-14)15(19)17-16-13-5-3-2-4-6-13/h2-10,16H,1H3,(H,17,19). The smallest absolute Gasteiger partial charge is 0.308 e. The van der Waals surface area contributed by atoms with Gasteiger partial charge in [0.2, 0.25) is 0 Å². The molecule has 0 radical (unpaired) electrons. The van der Waals surface area contributed by atoms with E-state index in [2.05, 4.69) is 10.9 Å². The van der Waals surface area contributed by atoms with Crippen LogP contribution in [0.1, 0.15) is 17.3 Å². The maximum absolute atomic E-state index is 11.9. The molecular weight excluding hydrogens is 256 g/mol. The van der Waals surface area contributed by atoms with Gasteiger partial charge in [0.25, 0.3) is 5.91 Å². The molecule has 2 N–H and O–H groups in total. The maximum Gasteiger partial charge on any atom is 0.308 e. The van der Waals surface area contributed by atoms with E-state index >= 15 is 0 Å². The molecule has 20 heavy (non-hydrogen) atoms. The molecule has 0 unspecified atom stereocenters. The first-order chi connectivity index (χ1) is 9.65. The summed E-state index contributed by atoms with van der Waals surface area (Å²) in [5.74, 6) is -0.263. The van der Waals surface area contributed by atoms with Crippen molar-refractivity contribution in [1.82, 2.24) is 5.43 Å². The van der Waals surface area contributed by atoms with E-state index in [4.69, 9.17) is 4.74 Å². The second-order valence-corrected chi connectivity index (χ2v) is 4.06. The molecular formula is C15H14N2O3. The SMILES string of the molecule is CC(=O)Oc1ccc(C(=O)NNc2ccccc2)cc1. The Kier molecular flexibility index (Phi) is 4.34. The number of hydrogen-bond donors (Lipinski definition) is 2. The second kappa shape index (κ2) is 6.38. The molecule has 0 saturated carbocycles. The Morgan fingerprint density at radius 3 is 2.20 bits per heavy atom. The quantitative estimate of drug-likeness (QED) is 0.508. The molecule has 5 nitrogen and oxygen atoms in total. The Morgan fingerprint density at radius 1 is 0.950 bits per heavy atom. The molecule has 0 aliphatic heterocycles. The van der Waals surface area contributed by atoms with E-state index in [-0.39, 0.29) is 5.91 Å². The zero-order valence-corrected chi connectivity index (χ0v) is 10.9. The van der Waals surface area contributed by atoms with E-state index < -0.39 is 5.97 Å². The Hall–Kier alpha value is -2.82. The van der Waals surface area contributed by atoms with Crippen LogP contribution in [0, 0.1) is 0 Å². The van der Waals surface area contributed by atoms with Crippen LogP contribution in [-0.4, -0.2) is 11.9 Å². The van der Waals surface area contributed by atoms with Gasteiger partial charge in [0, 0.05) is 12.5 Å². The first kappa shape index (κ1) is 13.6. The maximum atomic E-state index is 11.9. The summed E-state index contributed by atoms with van der Waals surface area (Å²) < 4.78 is 4.89. The first-order valence-electron chi connectivity index (χ1n) is 6.05. The number of benzene rings is 2. The van der Waals surface area contributed by atoms with Crippen molar-refractivity contribution in [1.29, 1.82) is 0 Å². The van der Waals surface area contributed by atoms with Gasteiger partial charge >= 0.3 is 5.97 Å². The lowest BCUT2D eigenvalue weighted by Crippen LogP contribution is -2.29. The molecule has 0 atom stereocenters. The number of para-hydroxylation sites is 1. The Balaban J connectivity index is 1.94. The third-order valence-electron chi connectivity index (χ3n) is 2.47. The summed E-state index contributed by atoms with van der Waals surface area (Å²) in [6, 6.07) is 15.6. The molecule has 0 aliphatic carbocycles. The van der Waals surface area contributed by atoms with Crippen LogP contribution >= 0.6 is 0 Å². The summed E-state index contributed by atoms with van der Waals surface area (Å²) >= 11 is 0. The Bertz CT molecular complexity index is 594. The zero-order chi connectivity index (χ0) is 14.4. The van der Waals surface area contributed by atoms with Crippen LogP contribution < -0.4 is 15.6 Å². The van der Waals surface area contributed by atoms with Gasteiger partial charge in [-0.25, -0.2) is 0 Å². The van der Waals surface area contributed by atoms with Crippen molar-refractivity contribution in [2.45, 2.75) is 6.92 Å². The molecule has 0 aliphatic rings. The lowest BCUT2D eigenvalue weighted by Gasteiger charge is -2.08. The third-order valence-corrected chi connectivity index (χ3v) is 2.47. The van der Waals surface area contributed by atoms with Crippen LogP contribution in [0.5, 0.6) is 5.75 Å². The highest BCUT2D eigenvalue weighted by Crippen LogP contribution is 2.12. The van der Waals surface area contributed by atoms with Crippen molar-refractivity contribution in [3.63, 3.8) is 0 Å². The molecule has 0 saturated heterocycles. The molecule has 0 aromatic heterocycles. The topological polar surface area (TPSA) is 67.4 Å². The predicted octanol–water partition coefficient (Wildman–Crippen LogP) is 2.37. The highest BCUT2D eigenvalue weighted by Gasteiger charge is 2.05. The van der Waals surface area contributed by atoms with E-state index in [1.807, 2.05) is 30.3 Å². The summed E-state index contributed by atoms with van der Waals surface area (Å²) in [6.07, 6.45) is 0. The number of carbonyl (C=O) groups excluding carboxylic acids is 2. The third kappa shape index (κ3) is 3.84. The monoisotopic (exact) mass is 270 g/mol. The molecule has 0 bridgehead atoms. The number of rotatable bonds is 4. The summed E-state index contributed by atoms with van der Waals surface area (Å²) in [6.45, 7) is 1.32. The van der Waals surface area contributed by atoms with E-state index in [0.717, 1.165) is 5.69 Å². The minimum atomic E-state index is -0.395. The molecule has 2 aromatic rings. The van der Waals surface area contributed by atoms with E-state index in [9.17, 15) is 9.59 Å². The van der Waals surface area contributed by atoms with Crippen molar-refractivity contribution < 1.29 is 14.3 Å². The van der Waals surface area contributed by atoms with Gasteiger partial charge < -0.3 is 4.74 Å². The minimum absolute atomic E-state index is 0.275. The van der Waals surface area contributed by atoms with Crippen molar-refractivity contribution in [2.24, 2.45) is 0 Å². The van der Waals surface area contributed by atoms with Crippen molar-refractivity contribution in [2.75, 3.05) is 5.43 Å². The minimum Gasteiger partial charge on any atom is -0.427 e. The van der Waals surface area contributed by atoms with E-state index in [0.29, 0.717) is 11.3 Å². The van der Waals surface area contributed by atoms with Crippen molar-refractivity contribution in [3.05, 3.63) is 60.2 Å². The van der Waals surface area contributed by atoms with Gasteiger partial charge in [0.15, 0.2) is 0 Å². The zero-order valence-electron chi connectivity index (χ0n) is 10.9. The number of carbonyl (C=O) groups is 2. The van der Waals surface area contributed by atoms with Crippen LogP contribution in [0.4, 0.5) is 5.69 Å². The predicted molar refractivity (Wildman–Crippen MR) is 75.3 cm³/mol. The van der Waals surface area contributed by atoms with Gasteiger partial charge in [-0.15, -0.1) is 0 Å². The van der Waals surface area contributed by atoms with E-state index in [1.54, 1.807) is 24.3 Å².